The molecule has 7 heteroatoms. The van der Waals surface area contributed by atoms with Gasteiger partial charge >= 0.3 is 6.18 Å². The molecule has 1 aromatic rings. The average molecular weight is 395 g/mol. The second-order valence-corrected chi connectivity index (χ2v) is 8.66. The molecule has 2 aliphatic heterocycles. The molecular weight excluding hydrogens is 367 g/mol. The summed E-state index contributed by atoms with van der Waals surface area (Å²) in [5.41, 5.74) is -0.659. The molecule has 1 atom stereocenters. The van der Waals surface area contributed by atoms with Gasteiger partial charge in [-0.05, 0) is 42.4 Å². The number of piperidine rings is 1. The summed E-state index contributed by atoms with van der Waals surface area (Å²) in [5.74, 6) is 0.786. The van der Waals surface area contributed by atoms with Gasteiger partial charge in [0.2, 0.25) is 0 Å². The Balaban J connectivity index is 1.74. The Morgan fingerprint density at radius 3 is 2.50 bits per heavy atom. The number of benzene rings is 1. The van der Waals surface area contributed by atoms with Crippen molar-refractivity contribution in [2.45, 2.75) is 32.9 Å². The largest absolute Gasteiger partial charge is 0.417 e. The molecule has 2 aliphatic rings. The van der Waals surface area contributed by atoms with Crippen LogP contribution < -0.4 is 4.90 Å². The van der Waals surface area contributed by atoms with Crippen molar-refractivity contribution in [1.82, 2.24) is 4.90 Å². The summed E-state index contributed by atoms with van der Waals surface area (Å²) in [4.78, 5) is 4.39. The van der Waals surface area contributed by atoms with E-state index in [0.717, 1.165) is 38.5 Å². The number of nitriles is 1. The van der Waals surface area contributed by atoms with E-state index in [1.54, 1.807) is 12.1 Å². The molecule has 1 unspecified atom stereocenters. The summed E-state index contributed by atoms with van der Waals surface area (Å²) >= 11 is 0. The maximum atomic E-state index is 13.3. The van der Waals surface area contributed by atoms with Crippen LogP contribution in [0.15, 0.2) is 18.2 Å². The lowest BCUT2D eigenvalue weighted by atomic mass is 9.71. The van der Waals surface area contributed by atoms with Crippen molar-refractivity contribution in [2.75, 3.05) is 44.2 Å². The van der Waals surface area contributed by atoms with Crippen LogP contribution in [0, 0.1) is 28.6 Å². The highest BCUT2D eigenvalue weighted by Gasteiger charge is 2.47. The summed E-state index contributed by atoms with van der Waals surface area (Å²) in [7, 11) is 0. The Kier molecular flexibility index (Phi) is 5.92. The molecule has 2 fully saturated rings. The first-order valence-corrected chi connectivity index (χ1v) is 9.88. The van der Waals surface area contributed by atoms with Crippen LogP contribution in [0.5, 0.6) is 0 Å². The van der Waals surface area contributed by atoms with Gasteiger partial charge in [-0.3, -0.25) is 0 Å². The molecule has 0 radical (unpaired) electrons. The van der Waals surface area contributed by atoms with Gasteiger partial charge in [-0.1, -0.05) is 13.8 Å². The van der Waals surface area contributed by atoms with Gasteiger partial charge in [0, 0.05) is 50.9 Å². The van der Waals surface area contributed by atoms with Crippen LogP contribution in [0.25, 0.3) is 0 Å². The van der Waals surface area contributed by atoms with Crippen molar-refractivity contribution in [1.29, 1.82) is 5.26 Å². The van der Waals surface area contributed by atoms with Crippen molar-refractivity contribution in [3.05, 3.63) is 29.3 Å². The normalized spacial score (nSPS) is 22.8. The van der Waals surface area contributed by atoms with Gasteiger partial charge in [0.25, 0.3) is 0 Å². The predicted octanol–water partition coefficient (Wildman–Crippen LogP) is 3.74. The highest BCUT2D eigenvalue weighted by Crippen LogP contribution is 2.45. The highest BCUT2D eigenvalue weighted by molar-refractivity contribution is 5.55. The van der Waals surface area contributed by atoms with Crippen molar-refractivity contribution < 1.29 is 18.3 Å². The number of hydrogen-bond donors (Lipinski definition) is 1. The van der Waals surface area contributed by atoms with E-state index < -0.39 is 11.7 Å². The molecule has 1 spiro atoms. The van der Waals surface area contributed by atoms with Gasteiger partial charge in [-0.25, -0.2) is 0 Å². The van der Waals surface area contributed by atoms with E-state index in [-0.39, 0.29) is 23.5 Å². The summed E-state index contributed by atoms with van der Waals surface area (Å²) < 4.78 is 39.8. The molecule has 0 saturated carbocycles. The van der Waals surface area contributed by atoms with Gasteiger partial charge < -0.3 is 14.9 Å². The summed E-state index contributed by atoms with van der Waals surface area (Å²) in [6, 6.07) is 5.60. The van der Waals surface area contributed by atoms with Crippen molar-refractivity contribution in [3.8, 4) is 6.07 Å². The molecule has 4 nitrogen and oxygen atoms in total. The smallest absolute Gasteiger partial charge is 0.396 e. The number of anilines is 1. The molecule has 0 amide bonds. The summed E-state index contributed by atoms with van der Waals surface area (Å²) in [5, 5.41) is 18.9. The number of nitrogens with zero attached hydrogens (tertiary/aromatic N) is 3. The van der Waals surface area contributed by atoms with E-state index in [0.29, 0.717) is 24.7 Å². The number of halogens is 3. The number of alkyl halides is 3. The number of aliphatic hydroxyl groups excluding tert-OH is 1. The first kappa shape index (κ1) is 20.9. The fourth-order valence-corrected chi connectivity index (χ4v) is 4.89. The summed E-state index contributed by atoms with van der Waals surface area (Å²) in [6.07, 6.45) is -2.83. The van der Waals surface area contributed by atoms with E-state index in [4.69, 9.17) is 5.26 Å². The third-order valence-electron chi connectivity index (χ3n) is 6.28. The van der Waals surface area contributed by atoms with Crippen LogP contribution in [0.4, 0.5) is 18.9 Å². The maximum Gasteiger partial charge on any atom is 0.417 e. The zero-order valence-electron chi connectivity index (χ0n) is 16.5. The topological polar surface area (TPSA) is 50.5 Å². The van der Waals surface area contributed by atoms with E-state index in [2.05, 4.69) is 18.7 Å². The molecular formula is C21H28F3N3O. The number of hydrogen-bond acceptors (Lipinski definition) is 4. The molecule has 154 valence electrons. The predicted molar refractivity (Wildman–Crippen MR) is 102 cm³/mol. The molecule has 2 saturated heterocycles. The van der Waals surface area contributed by atoms with Crippen molar-refractivity contribution in [2.24, 2.45) is 17.3 Å². The Labute approximate surface area is 164 Å². The van der Waals surface area contributed by atoms with E-state index in [1.165, 1.54) is 6.07 Å². The first-order chi connectivity index (χ1) is 13.2. The average Bonchev–Trinajstić information content (AvgIpc) is 2.97. The second-order valence-electron chi connectivity index (χ2n) is 8.66. The fourth-order valence-electron chi connectivity index (χ4n) is 4.89. The summed E-state index contributed by atoms with van der Waals surface area (Å²) in [6.45, 7) is 8.70. The van der Waals surface area contributed by atoms with Crippen LogP contribution >= 0.6 is 0 Å². The molecule has 1 N–H and O–H groups in total. The number of aliphatic hydroxyl groups is 1. The Bertz CT molecular complexity index is 733. The fraction of sp³-hybridized carbons (Fsp3) is 0.667. The van der Waals surface area contributed by atoms with E-state index in [1.807, 2.05) is 4.90 Å². The SMILES string of the molecule is CC(C)CN1CC(CO)C2(CCN(c3ccc(C#N)c(C(F)(F)F)c3)CC2)C1. The molecule has 28 heavy (non-hydrogen) atoms. The van der Waals surface area contributed by atoms with Gasteiger partial charge in [0.15, 0.2) is 0 Å². The minimum Gasteiger partial charge on any atom is -0.396 e. The van der Waals surface area contributed by atoms with Gasteiger partial charge in [-0.15, -0.1) is 0 Å². The molecule has 2 heterocycles. The zero-order valence-corrected chi connectivity index (χ0v) is 16.5. The zero-order chi connectivity index (χ0) is 20.5. The number of rotatable bonds is 4. The van der Waals surface area contributed by atoms with Crippen molar-refractivity contribution >= 4 is 5.69 Å². The van der Waals surface area contributed by atoms with E-state index >= 15 is 0 Å². The van der Waals surface area contributed by atoms with E-state index in [9.17, 15) is 18.3 Å². The number of likely N-dealkylation sites (tertiary alicyclic amines) is 1. The third-order valence-corrected chi connectivity index (χ3v) is 6.28. The second kappa shape index (κ2) is 7.92. The minimum absolute atomic E-state index is 0.0413. The van der Waals surface area contributed by atoms with Crippen molar-refractivity contribution in [3.63, 3.8) is 0 Å². The quantitative estimate of drug-likeness (QED) is 0.844. The third kappa shape index (κ3) is 4.13. The standard InChI is InChI=1S/C21H28F3N3O/c1-15(2)11-26-12-17(13-28)20(14-26)5-7-27(8-6-20)18-4-3-16(10-25)19(9-18)21(22,23)24/h3-4,9,15,17,28H,5-8,11-14H2,1-2H3. The van der Waals surface area contributed by atoms with Gasteiger partial charge in [-0.2, -0.15) is 18.4 Å². The first-order valence-electron chi connectivity index (χ1n) is 9.88. The van der Waals surface area contributed by atoms with Crippen LogP contribution in [0.2, 0.25) is 0 Å². The molecule has 0 bridgehead atoms. The minimum atomic E-state index is -4.54. The lowest BCUT2D eigenvalue weighted by Crippen LogP contribution is -2.45. The van der Waals surface area contributed by atoms with Crippen LogP contribution in [-0.2, 0) is 6.18 Å². The van der Waals surface area contributed by atoms with Gasteiger partial charge in [0.05, 0.1) is 17.2 Å². The highest BCUT2D eigenvalue weighted by atomic mass is 19.4. The molecule has 0 aliphatic carbocycles. The van der Waals surface area contributed by atoms with Gasteiger partial charge in [0.1, 0.15) is 0 Å². The van der Waals surface area contributed by atoms with Crippen LogP contribution in [0.1, 0.15) is 37.8 Å². The Hall–Kier alpha value is -1.78. The van der Waals surface area contributed by atoms with Crippen LogP contribution in [-0.4, -0.2) is 49.3 Å². The Morgan fingerprint density at radius 2 is 1.96 bits per heavy atom. The monoisotopic (exact) mass is 395 g/mol. The maximum absolute atomic E-state index is 13.3. The molecule has 1 aromatic carbocycles. The Morgan fingerprint density at radius 1 is 1.29 bits per heavy atom. The molecule has 3 rings (SSSR count). The lowest BCUT2D eigenvalue weighted by Gasteiger charge is -2.43. The van der Waals surface area contributed by atoms with Crippen LogP contribution in [0.3, 0.4) is 0 Å². The lowest BCUT2D eigenvalue weighted by molar-refractivity contribution is -0.137. The molecule has 0 aromatic heterocycles.